The van der Waals surface area contributed by atoms with E-state index >= 15 is 0 Å². The van der Waals surface area contributed by atoms with Crippen LogP contribution in [0.5, 0.6) is 0 Å². The Bertz CT molecular complexity index is 1190. The number of fused-ring (bicyclic) bond motifs is 3. The van der Waals surface area contributed by atoms with Crippen LogP contribution in [-0.2, 0) is 22.6 Å². The van der Waals surface area contributed by atoms with Gasteiger partial charge >= 0.3 is 12.1 Å². The molecule has 0 bridgehead atoms. The van der Waals surface area contributed by atoms with Crippen molar-refractivity contribution in [2.45, 2.75) is 89.7 Å². The maximum atomic E-state index is 11.5. The van der Waals surface area contributed by atoms with E-state index in [0.29, 0.717) is 16.9 Å². The number of carbonyl (C=O) groups excluding carboxylic acids is 1. The van der Waals surface area contributed by atoms with E-state index in [0.717, 1.165) is 29.8 Å². The molecule has 2 saturated carbocycles. The molecule has 1 spiro atoms. The third-order valence-electron chi connectivity index (χ3n) is 7.82. The maximum Gasteiger partial charge on any atom is 0.490 e. The second-order valence-corrected chi connectivity index (χ2v) is 12.6. The number of nitrogens with one attached hydrogen (secondary N) is 1. The van der Waals surface area contributed by atoms with E-state index in [1.807, 2.05) is 6.07 Å². The molecule has 2 aliphatic carbocycles. The molecule has 0 unspecified atom stereocenters. The highest BCUT2D eigenvalue weighted by Crippen LogP contribution is 2.53. The number of ether oxygens (including phenoxy) is 1. The Balaban J connectivity index is 0.000000219. The van der Waals surface area contributed by atoms with Crippen molar-refractivity contribution in [2.75, 3.05) is 13.1 Å². The fraction of sp³-hybridized carbons (Fsp3) is 0.654. The Morgan fingerprint density at radius 1 is 1.14 bits per heavy atom. The monoisotopic (exact) mass is 539 g/mol. The molecule has 202 valence electrons. The standard InChI is InChI=1S/C20H24ClN5.C6H9F3O2/c1-19(4-5-19)25-9-13-6-15(21)2-3-16(13)26-17(10-25)23-24-18(26)14-7-20(8-14)11-22-12-20;1-5(2,3)11-4(10)6(7,8)9/h2-3,6,14,22H,4-5,7-12H2,1H3;1-3H3. The van der Waals surface area contributed by atoms with Crippen LogP contribution in [0.3, 0.4) is 0 Å². The molecule has 1 aromatic carbocycles. The summed E-state index contributed by atoms with van der Waals surface area (Å²) in [4.78, 5) is 12.7. The molecule has 3 fully saturated rings. The van der Waals surface area contributed by atoms with Gasteiger partial charge in [-0.15, -0.1) is 10.2 Å². The van der Waals surface area contributed by atoms with E-state index in [1.54, 1.807) is 0 Å². The molecule has 2 aliphatic heterocycles. The molecule has 11 heteroatoms. The van der Waals surface area contributed by atoms with Crippen molar-refractivity contribution in [1.82, 2.24) is 25.0 Å². The summed E-state index contributed by atoms with van der Waals surface area (Å²) in [6, 6.07) is 6.29. The molecule has 6 rings (SSSR count). The van der Waals surface area contributed by atoms with Crippen LogP contribution in [0.15, 0.2) is 18.2 Å². The third-order valence-corrected chi connectivity index (χ3v) is 8.06. The number of alkyl halides is 3. The van der Waals surface area contributed by atoms with Crippen LogP contribution in [0.1, 0.15) is 76.5 Å². The van der Waals surface area contributed by atoms with Gasteiger partial charge in [-0.3, -0.25) is 9.47 Å². The quantitative estimate of drug-likeness (QED) is 0.532. The molecular formula is C26H33ClF3N5O2. The average molecular weight is 540 g/mol. The minimum atomic E-state index is -4.90. The highest BCUT2D eigenvalue weighted by molar-refractivity contribution is 6.30. The fourth-order valence-electron chi connectivity index (χ4n) is 5.44. The molecule has 37 heavy (non-hydrogen) atoms. The summed E-state index contributed by atoms with van der Waals surface area (Å²) < 4.78 is 40.9. The van der Waals surface area contributed by atoms with E-state index in [4.69, 9.17) is 11.6 Å². The smallest absolute Gasteiger partial charge is 0.453 e. The topological polar surface area (TPSA) is 72.3 Å². The van der Waals surface area contributed by atoms with Gasteiger partial charge in [-0.05, 0) is 82.6 Å². The summed E-state index contributed by atoms with van der Waals surface area (Å²) >= 11 is 6.35. The van der Waals surface area contributed by atoms with E-state index < -0.39 is 17.7 Å². The lowest BCUT2D eigenvalue weighted by Crippen LogP contribution is -2.59. The Hall–Kier alpha value is -2.17. The van der Waals surface area contributed by atoms with Crippen LogP contribution < -0.4 is 5.32 Å². The molecule has 0 atom stereocenters. The van der Waals surface area contributed by atoms with Crippen LogP contribution in [-0.4, -0.2) is 56.0 Å². The number of hydrogen-bond donors (Lipinski definition) is 1. The van der Waals surface area contributed by atoms with E-state index in [-0.39, 0.29) is 0 Å². The summed E-state index contributed by atoms with van der Waals surface area (Å²) in [6.45, 7) is 10.6. The minimum Gasteiger partial charge on any atom is -0.453 e. The lowest BCUT2D eigenvalue weighted by molar-refractivity contribution is -0.210. The van der Waals surface area contributed by atoms with Crippen molar-refractivity contribution in [3.63, 3.8) is 0 Å². The largest absolute Gasteiger partial charge is 0.490 e. The summed E-state index contributed by atoms with van der Waals surface area (Å²) in [5.41, 5.74) is 2.28. The number of rotatable bonds is 2. The molecular weight excluding hydrogens is 507 g/mol. The van der Waals surface area contributed by atoms with Crippen LogP contribution >= 0.6 is 11.6 Å². The molecule has 3 heterocycles. The number of nitrogens with zero attached hydrogens (tertiary/aromatic N) is 4. The zero-order chi connectivity index (χ0) is 26.8. The summed E-state index contributed by atoms with van der Waals surface area (Å²) in [6.07, 6.45) is 0.113. The van der Waals surface area contributed by atoms with Crippen LogP contribution in [0.25, 0.3) is 5.69 Å². The predicted octanol–water partition coefficient (Wildman–Crippen LogP) is 5.15. The first kappa shape index (κ1) is 26.4. The van der Waals surface area contributed by atoms with Crippen molar-refractivity contribution in [2.24, 2.45) is 5.41 Å². The van der Waals surface area contributed by atoms with Crippen molar-refractivity contribution in [3.8, 4) is 5.69 Å². The first-order chi connectivity index (χ1) is 17.2. The van der Waals surface area contributed by atoms with Gasteiger partial charge in [0.25, 0.3) is 0 Å². The van der Waals surface area contributed by atoms with Crippen molar-refractivity contribution in [1.29, 1.82) is 0 Å². The van der Waals surface area contributed by atoms with Gasteiger partial charge in [0.1, 0.15) is 11.4 Å². The van der Waals surface area contributed by atoms with Crippen molar-refractivity contribution >= 4 is 17.6 Å². The van der Waals surface area contributed by atoms with Gasteiger partial charge in [0, 0.05) is 36.1 Å². The van der Waals surface area contributed by atoms with Gasteiger partial charge in [0.05, 0.1) is 12.2 Å². The van der Waals surface area contributed by atoms with Gasteiger partial charge in [-0.1, -0.05) is 11.6 Å². The predicted molar refractivity (Wildman–Crippen MR) is 132 cm³/mol. The highest BCUT2D eigenvalue weighted by Gasteiger charge is 2.51. The second-order valence-electron chi connectivity index (χ2n) is 12.1. The zero-order valence-electron chi connectivity index (χ0n) is 21.6. The minimum absolute atomic E-state index is 0.305. The number of hydrogen-bond acceptors (Lipinski definition) is 6. The molecule has 0 radical (unpaired) electrons. The fourth-order valence-corrected chi connectivity index (χ4v) is 5.64. The molecule has 4 aliphatic rings. The van der Waals surface area contributed by atoms with E-state index in [2.05, 4.69) is 48.8 Å². The number of esters is 1. The van der Waals surface area contributed by atoms with Gasteiger partial charge in [0.15, 0.2) is 5.82 Å². The van der Waals surface area contributed by atoms with Gasteiger partial charge in [-0.2, -0.15) is 13.2 Å². The molecule has 1 saturated heterocycles. The van der Waals surface area contributed by atoms with Crippen molar-refractivity contribution < 1.29 is 22.7 Å². The summed E-state index contributed by atoms with van der Waals surface area (Å²) in [5.74, 6) is 0.626. The number of halogens is 4. The molecule has 0 amide bonds. The number of benzene rings is 1. The van der Waals surface area contributed by atoms with Crippen molar-refractivity contribution in [3.05, 3.63) is 40.4 Å². The Morgan fingerprint density at radius 3 is 2.32 bits per heavy atom. The van der Waals surface area contributed by atoms with Crippen LogP contribution in [0.2, 0.25) is 5.02 Å². The SMILES string of the molecule is CC(C)(C)OC(=O)C(F)(F)F.CC1(N2Cc3cc(Cl)ccc3-n3c(nnc3C3CC4(CNC4)C3)C2)CC1. The summed E-state index contributed by atoms with van der Waals surface area (Å²) in [7, 11) is 0. The lowest BCUT2D eigenvalue weighted by Gasteiger charge is -2.54. The zero-order valence-corrected chi connectivity index (χ0v) is 22.3. The van der Waals surface area contributed by atoms with E-state index in [9.17, 15) is 18.0 Å². The Kier molecular flexibility index (Phi) is 6.39. The first-order valence-electron chi connectivity index (χ1n) is 12.7. The molecule has 2 aromatic rings. The van der Waals surface area contributed by atoms with Crippen LogP contribution in [0, 0.1) is 5.41 Å². The first-order valence-corrected chi connectivity index (χ1v) is 13.0. The molecule has 7 nitrogen and oxygen atoms in total. The number of carbonyl (C=O) groups is 1. The van der Waals surface area contributed by atoms with Crippen LogP contribution in [0.4, 0.5) is 13.2 Å². The third kappa shape index (κ3) is 5.38. The normalized spacial score (nSPS) is 21.9. The van der Waals surface area contributed by atoms with E-state index in [1.165, 1.54) is 70.8 Å². The van der Waals surface area contributed by atoms with Gasteiger partial charge in [-0.25, -0.2) is 4.79 Å². The Labute approximate surface area is 219 Å². The Morgan fingerprint density at radius 2 is 1.81 bits per heavy atom. The molecule has 1 aromatic heterocycles. The number of aromatic nitrogens is 3. The average Bonchev–Trinajstić information content (AvgIpc) is 3.38. The highest BCUT2D eigenvalue weighted by atomic mass is 35.5. The lowest BCUT2D eigenvalue weighted by atomic mass is 9.58. The maximum absolute atomic E-state index is 11.5. The van der Waals surface area contributed by atoms with Gasteiger partial charge in [0.2, 0.25) is 0 Å². The summed E-state index contributed by atoms with van der Waals surface area (Å²) in [5, 5.41) is 13.6. The second kappa shape index (κ2) is 8.95. The van der Waals surface area contributed by atoms with Gasteiger partial charge < -0.3 is 10.1 Å². The molecule has 1 N–H and O–H groups in total.